The molecule has 0 radical (unpaired) electrons. The number of carbonyl (C=O) groups excluding carboxylic acids is 4. The van der Waals surface area contributed by atoms with Crippen molar-refractivity contribution in [2.45, 2.75) is 71.6 Å². The zero-order chi connectivity index (χ0) is 96.4. The number of hydrogen-bond donors (Lipinski definition) is 7. The minimum absolute atomic E-state index is 0.112. The number of aromatic amines is 7. The molecular formula is C117H105N19O4. The van der Waals surface area contributed by atoms with Crippen molar-refractivity contribution in [3.05, 3.63) is 436 Å². The fourth-order valence-electron chi connectivity index (χ4n) is 15.7. The number of hydrogen-bond acceptors (Lipinski definition) is 16. The van der Waals surface area contributed by atoms with Crippen LogP contribution in [0, 0.1) is 0 Å². The predicted molar refractivity (Wildman–Crippen MR) is 568 cm³/mol. The van der Waals surface area contributed by atoms with Gasteiger partial charge in [0.1, 0.15) is 17.3 Å². The summed E-state index contributed by atoms with van der Waals surface area (Å²) in [6.07, 6.45) is 49.7. The highest BCUT2D eigenvalue weighted by Gasteiger charge is 2.16. The van der Waals surface area contributed by atoms with Gasteiger partial charge in [-0.3, -0.25) is 74.7 Å². The number of unbranched alkanes of at least 4 members (excludes halogenated alkanes) is 1. The van der Waals surface area contributed by atoms with Crippen LogP contribution in [-0.4, -0.2) is 140 Å². The molecule has 0 amide bonds. The number of carbonyl (C=O) groups is 4. The molecule has 12 aromatic heterocycles. The van der Waals surface area contributed by atoms with Crippen molar-refractivity contribution < 1.29 is 19.2 Å². The van der Waals surface area contributed by atoms with Gasteiger partial charge < -0.3 is 9.88 Å². The fourth-order valence-corrected chi connectivity index (χ4v) is 15.7. The van der Waals surface area contributed by atoms with Crippen LogP contribution in [0.15, 0.2) is 329 Å². The second kappa shape index (κ2) is 48.4. The van der Waals surface area contributed by atoms with E-state index in [1.54, 1.807) is 50.3 Å². The molecule has 0 aliphatic carbocycles. The molecule has 0 saturated carbocycles. The molecule has 0 bridgehead atoms. The first-order valence-electron chi connectivity index (χ1n) is 46.4. The number of pyridine rings is 5. The van der Waals surface area contributed by atoms with Gasteiger partial charge in [0.25, 0.3) is 0 Å². The zero-order valence-corrected chi connectivity index (χ0v) is 78.2. The molecule has 9 aromatic carbocycles. The number of rotatable bonds is 29. The highest BCUT2D eigenvalue weighted by atomic mass is 16.1. The first kappa shape index (κ1) is 95.3. The maximum Gasteiger partial charge on any atom is 0.167 e. The molecular weight excluding hydrogens is 1740 g/mol. The number of H-pyrrole nitrogens is 7. The van der Waals surface area contributed by atoms with Gasteiger partial charge in [0, 0.05) is 162 Å². The molecule has 23 nitrogen and oxygen atoms in total. The van der Waals surface area contributed by atoms with Crippen molar-refractivity contribution in [1.82, 2.24) is 96.0 Å². The van der Waals surface area contributed by atoms with E-state index in [0.717, 1.165) is 197 Å². The van der Waals surface area contributed by atoms with Gasteiger partial charge in [0.2, 0.25) is 0 Å². The third kappa shape index (κ3) is 27.1. The topological polar surface area (TPSA) is 324 Å². The van der Waals surface area contributed by atoms with Gasteiger partial charge in [0.05, 0.1) is 67.3 Å². The lowest BCUT2D eigenvalue weighted by Crippen LogP contribution is -2.14. The maximum atomic E-state index is 12.7. The van der Waals surface area contributed by atoms with E-state index < -0.39 is 0 Å². The molecule has 0 spiro atoms. The van der Waals surface area contributed by atoms with Crippen LogP contribution in [0.25, 0.3) is 149 Å². The van der Waals surface area contributed by atoms with E-state index in [1.165, 1.54) is 11.1 Å². The Morgan fingerprint density at radius 1 is 0.314 bits per heavy atom. The molecule has 0 atom stereocenters. The van der Waals surface area contributed by atoms with E-state index in [9.17, 15) is 19.2 Å². The van der Waals surface area contributed by atoms with E-state index in [0.29, 0.717) is 44.3 Å². The third-order valence-electron chi connectivity index (χ3n) is 23.1. The maximum absolute atomic E-state index is 12.7. The van der Waals surface area contributed by atoms with Crippen LogP contribution < -0.4 is 0 Å². The summed E-state index contributed by atoms with van der Waals surface area (Å²) in [5.74, 6) is 0.758. The first-order chi connectivity index (χ1) is 68.7. The van der Waals surface area contributed by atoms with Gasteiger partial charge in [-0.1, -0.05) is 214 Å². The predicted octanol–water partition coefficient (Wildman–Crippen LogP) is 24.2. The van der Waals surface area contributed by atoms with E-state index in [-0.39, 0.29) is 17.3 Å². The molecule has 21 aromatic rings. The molecule has 692 valence electrons. The van der Waals surface area contributed by atoms with Gasteiger partial charge in [-0.2, -0.15) is 30.6 Å². The molecule has 0 aliphatic heterocycles. The number of fused-ring (bicyclic) bond motifs is 7. The first-order valence-corrected chi connectivity index (χ1v) is 46.4. The minimum atomic E-state index is 0.112. The Morgan fingerprint density at radius 3 is 1.08 bits per heavy atom. The molecule has 12 heterocycles. The summed E-state index contributed by atoms with van der Waals surface area (Å²) in [7, 11) is 4.20. The Morgan fingerprint density at radius 2 is 0.679 bits per heavy atom. The summed E-state index contributed by atoms with van der Waals surface area (Å²) in [4.78, 5) is 74.3. The van der Waals surface area contributed by atoms with Crippen molar-refractivity contribution in [2.75, 3.05) is 20.6 Å². The number of nitrogens with one attached hydrogen (secondary N) is 7. The van der Waals surface area contributed by atoms with E-state index in [1.807, 2.05) is 298 Å². The lowest BCUT2D eigenvalue weighted by atomic mass is 10.0. The van der Waals surface area contributed by atoms with Crippen molar-refractivity contribution in [3.8, 4) is 0 Å². The van der Waals surface area contributed by atoms with Gasteiger partial charge in [-0.15, -0.1) is 0 Å². The van der Waals surface area contributed by atoms with Crippen molar-refractivity contribution in [3.63, 3.8) is 0 Å². The van der Waals surface area contributed by atoms with Gasteiger partial charge in [-0.25, -0.2) is 0 Å². The molecule has 140 heavy (non-hydrogen) atoms. The average molecular weight is 1840 g/mol. The van der Waals surface area contributed by atoms with E-state index >= 15 is 0 Å². The van der Waals surface area contributed by atoms with E-state index in [4.69, 9.17) is 0 Å². The van der Waals surface area contributed by atoms with Crippen LogP contribution >= 0.6 is 0 Å². The number of likely N-dealkylation sites (N-methyl/N-ethyl adjacent to an activating group) is 1. The zero-order valence-electron chi connectivity index (χ0n) is 78.2. The molecule has 0 saturated heterocycles. The van der Waals surface area contributed by atoms with Crippen LogP contribution in [0.5, 0.6) is 0 Å². The lowest BCUT2D eigenvalue weighted by molar-refractivity contribution is -0.119. The Labute approximate surface area is 810 Å². The molecule has 0 unspecified atom stereocenters. The second-order valence-corrected chi connectivity index (χ2v) is 33.9. The molecule has 7 N–H and O–H groups in total. The number of Topliss-reactive ketones (excluding diaryl/α,β-unsaturated/α-hetero) is 4. The Hall–Kier alpha value is -17.8. The Kier molecular flexibility index (Phi) is 32.9. The molecule has 0 fully saturated rings. The highest BCUT2D eigenvalue weighted by molar-refractivity contribution is 6.00. The van der Waals surface area contributed by atoms with Crippen molar-refractivity contribution in [1.29, 1.82) is 0 Å². The van der Waals surface area contributed by atoms with Gasteiger partial charge >= 0.3 is 0 Å². The quantitative estimate of drug-likeness (QED) is 0.0214. The number of para-hydroxylation sites is 3. The smallest absolute Gasteiger partial charge is 0.167 e. The summed E-state index contributed by atoms with van der Waals surface area (Å²) >= 11 is 0. The van der Waals surface area contributed by atoms with Crippen LogP contribution in [-0.2, 0) is 52.9 Å². The highest BCUT2D eigenvalue weighted by Crippen LogP contribution is 2.29. The lowest BCUT2D eigenvalue weighted by Gasteiger charge is -2.09. The summed E-state index contributed by atoms with van der Waals surface area (Å²) in [6, 6.07) is 85.8. The monoisotopic (exact) mass is 1840 g/mol. The van der Waals surface area contributed by atoms with Crippen LogP contribution in [0.1, 0.15) is 144 Å². The van der Waals surface area contributed by atoms with Gasteiger partial charge in [0.15, 0.2) is 5.78 Å². The summed E-state index contributed by atoms with van der Waals surface area (Å²) in [6.45, 7) is 4.78. The van der Waals surface area contributed by atoms with Gasteiger partial charge in [-0.05, 0) is 234 Å². The number of ketones is 4. The van der Waals surface area contributed by atoms with Crippen LogP contribution in [0.2, 0.25) is 0 Å². The largest absolute Gasteiger partial charge is 0.361 e. The fraction of sp³-hybridized carbons (Fsp3) is 0.120. The second-order valence-electron chi connectivity index (χ2n) is 33.9. The summed E-state index contributed by atoms with van der Waals surface area (Å²) in [5.41, 5.74) is 25.9. The summed E-state index contributed by atoms with van der Waals surface area (Å²) < 4.78 is 0. The molecule has 23 heteroatoms. The molecule has 21 rings (SSSR count). The third-order valence-corrected chi connectivity index (χ3v) is 23.1. The molecule has 0 aliphatic rings. The average Bonchev–Trinajstić information content (AvgIpc) is 1.70. The van der Waals surface area contributed by atoms with Crippen LogP contribution in [0.3, 0.4) is 0 Å². The Balaban J connectivity index is 0.000000122. The van der Waals surface area contributed by atoms with E-state index in [2.05, 4.69) is 178 Å². The number of nitrogens with zero attached hydrogens (tertiary/aromatic N) is 12. The SMILES string of the molecule is C(=C\c1n[nH]c2ccccc12)/c1cccnc1.CC(=O)Cc1ccc2n[nH]c(/C=C/c3cccnc3)c2c1.CCCCC(=O)Cc1ccc2n[nH]c(/C=C/c3cccnc3)c2c1.CN(C)CCc1ccc(/C=C/c2n[nH]c3ccccc23)cc1.O=C(Cc1ccc2n[nH]c(/C=C/c3cccnc3)c2c1)Cc1c[nH]c2ccccc12.O=C(Cc1ccc2n[nH]c(/C=C/c3cccnc3)c2c1)c1ccccc1. The van der Waals surface area contributed by atoms with Crippen molar-refractivity contribution in [2.24, 2.45) is 0 Å². The summed E-state index contributed by atoms with van der Waals surface area (Å²) in [5, 5.41) is 51.7. The number of aromatic nitrogens is 18. The number of benzene rings is 9. The Bertz CT molecular complexity index is 7880. The minimum Gasteiger partial charge on any atom is -0.361 e. The normalized spacial score (nSPS) is 11.4. The van der Waals surface area contributed by atoms with Crippen LogP contribution in [0.4, 0.5) is 0 Å². The van der Waals surface area contributed by atoms with Crippen molar-refractivity contribution >= 4 is 172 Å². The standard InChI is InChI=1S/C25H20N4O.C22H17N3O.C20H21N3O.C19H21N3.C17H15N3O.C14H11N3/c30-20(14-19-16-27-23-6-2-1-5-21(19)23)12-18-8-10-25-22(13-18)24(28-29-25)9-7-17-4-3-11-26-15-17;26-22(18-6-2-1-3-7-18)14-17-9-11-21-19(13-17)20(24-25-21)10-8-16-5-4-12-23-15-16;1-2-3-6-17(24)12-16-8-10-20-18(13-16)19(22-23-20)9-7-15-5-4-11-21-14-15;1-22(2)14-13-16-9-7-15(8-10-16)11-12-19-17-5-3-4-6-18(17)20-21-19;1-12(21)9-14-5-7-17-15(10-14)16(19-20-17)6-4-13-3-2-8-18-11-13;1-2-6-13-12(5-1)14(17-16-13)8-7-11-4-3-9-15-10-11/h1-11,13,15-16,27H,12,14H2,(H,28,29);1-13,15H,14H2,(H,24,25);4-5,7-11,13-14H,2-3,6,12H2,1H3,(H,22,23);3-12H,13-14H2,1-2H3,(H,20,21);2-8,10-11H,9H2,1H3,(H,19,20);1-10H,(H,16,17)/b9-7+;10-8+;9-7+;12-11+;6-4+;8-7+.